The number of hydrogen-bond donors (Lipinski definition) is 8. The Morgan fingerprint density at radius 3 is 2.18 bits per heavy atom. The van der Waals surface area contributed by atoms with E-state index in [4.69, 9.17) is 5.73 Å². The lowest BCUT2D eigenvalue weighted by Gasteiger charge is -2.26. The molecule has 0 aliphatic heterocycles. The Labute approximate surface area is 189 Å². The number of carboxylic acids is 1. The molecule has 9 N–H and O–H groups in total. The number of hydrogen-bond acceptors (Lipinski definition) is 7. The molecule has 0 radical (unpaired) electrons. The molecule has 3 amide bonds. The number of aliphatic hydroxyl groups is 2. The molecule has 0 saturated carbocycles. The van der Waals surface area contributed by atoms with Gasteiger partial charge in [-0.05, 0) is 25.5 Å². The van der Waals surface area contributed by atoms with Crippen molar-refractivity contribution in [3.63, 3.8) is 0 Å². The van der Waals surface area contributed by atoms with Crippen molar-refractivity contribution in [1.82, 2.24) is 20.9 Å². The van der Waals surface area contributed by atoms with Crippen molar-refractivity contribution in [2.75, 3.05) is 6.54 Å². The van der Waals surface area contributed by atoms with Crippen molar-refractivity contribution >= 4 is 34.6 Å². The predicted octanol–water partition coefficient (Wildman–Crippen LogP) is -2.03. The second kappa shape index (κ2) is 11.4. The third-order valence-electron chi connectivity index (χ3n) is 5.04. The number of aromatic amines is 1. The first-order valence-electron chi connectivity index (χ1n) is 10.3. The summed E-state index contributed by atoms with van der Waals surface area (Å²) >= 11 is 0. The Balaban J connectivity index is 2.32. The van der Waals surface area contributed by atoms with Crippen LogP contribution in [-0.2, 0) is 25.6 Å². The quantitative estimate of drug-likeness (QED) is 0.186. The molecule has 1 aromatic heterocycles. The normalized spacial score (nSPS) is 15.7. The van der Waals surface area contributed by atoms with Gasteiger partial charge >= 0.3 is 5.97 Å². The van der Waals surface area contributed by atoms with Crippen LogP contribution in [0.15, 0.2) is 30.5 Å². The number of rotatable bonds is 11. The van der Waals surface area contributed by atoms with Crippen LogP contribution in [0.5, 0.6) is 0 Å². The maximum Gasteiger partial charge on any atom is 0.328 e. The minimum Gasteiger partial charge on any atom is -0.480 e. The number of aromatic nitrogens is 1. The van der Waals surface area contributed by atoms with E-state index in [-0.39, 0.29) is 6.42 Å². The van der Waals surface area contributed by atoms with E-state index in [1.165, 1.54) is 13.8 Å². The zero-order valence-electron chi connectivity index (χ0n) is 18.2. The van der Waals surface area contributed by atoms with E-state index in [1.54, 1.807) is 12.3 Å². The molecule has 1 heterocycles. The standard InChI is InChI=1S/C21H29N5O7/c1-10(27)17(25-16(29)8-22)20(31)24-15(19(30)26-18(11(2)28)21(32)33)7-12-9-23-14-6-4-3-5-13(12)14/h3-6,9-11,15,17-18,23,27-28H,7-8,22H2,1-2H3,(H,24,31)(H,25,29)(H,26,30)(H,32,33). The van der Waals surface area contributed by atoms with Crippen LogP contribution in [0.2, 0.25) is 0 Å². The van der Waals surface area contributed by atoms with Crippen LogP contribution >= 0.6 is 0 Å². The molecule has 0 fully saturated rings. The molecule has 2 rings (SSSR count). The van der Waals surface area contributed by atoms with Crippen molar-refractivity contribution in [3.8, 4) is 0 Å². The fourth-order valence-corrected chi connectivity index (χ4v) is 3.27. The van der Waals surface area contributed by atoms with E-state index in [2.05, 4.69) is 20.9 Å². The number of amides is 3. The Morgan fingerprint density at radius 1 is 0.970 bits per heavy atom. The summed E-state index contributed by atoms with van der Waals surface area (Å²) in [4.78, 5) is 51.9. The smallest absolute Gasteiger partial charge is 0.328 e. The van der Waals surface area contributed by atoms with Gasteiger partial charge in [-0.25, -0.2) is 4.79 Å². The summed E-state index contributed by atoms with van der Waals surface area (Å²) in [5, 5.41) is 36.7. The third-order valence-corrected chi connectivity index (χ3v) is 5.04. The van der Waals surface area contributed by atoms with Gasteiger partial charge in [-0.3, -0.25) is 14.4 Å². The van der Waals surface area contributed by atoms with Gasteiger partial charge in [-0.1, -0.05) is 18.2 Å². The Hall–Kier alpha value is -3.48. The molecule has 12 heteroatoms. The van der Waals surface area contributed by atoms with Gasteiger partial charge in [0.1, 0.15) is 12.1 Å². The molecular formula is C21H29N5O7. The molecule has 1 aromatic carbocycles. The molecular weight excluding hydrogens is 434 g/mol. The second-order valence-electron chi connectivity index (χ2n) is 7.68. The number of carboxylic acid groups (broad SMARTS) is 1. The molecule has 2 aromatic rings. The van der Waals surface area contributed by atoms with Crippen molar-refractivity contribution in [3.05, 3.63) is 36.0 Å². The Bertz CT molecular complexity index is 1000. The molecule has 0 spiro atoms. The lowest BCUT2D eigenvalue weighted by molar-refractivity contribution is -0.145. The summed E-state index contributed by atoms with van der Waals surface area (Å²) in [5.41, 5.74) is 6.71. The first-order chi connectivity index (χ1) is 15.5. The number of para-hydroxylation sites is 1. The topological polar surface area (TPSA) is 207 Å². The van der Waals surface area contributed by atoms with E-state index < -0.39 is 60.6 Å². The zero-order chi connectivity index (χ0) is 24.7. The average molecular weight is 463 g/mol. The minimum atomic E-state index is -1.61. The first-order valence-corrected chi connectivity index (χ1v) is 10.3. The highest BCUT2D eigenvalue weighted by molar-refractivity contribution is 5.94. The fourth-order valence-electron chi connectivity index (χ4n) is 3.27. The van der Waals surface area contributed by atoms with Gasteiger partial charge in [0.05, 0.1) is 18.8 Å². The number of carbonyl (C=O) groups excluding carboxylic acids is 3. The summed E-state index contributed by atoms with van der Waals surface area (Å²) in [6.07, 6.45) is -1.08. The van der Waals surface area contributed by atoms with Gasteiger partial charge in [0.2, 0.25) is 17.7 Å². The number of H-pyrrole nitrogens is 1. The molecule has 12 nitrogen and oxygen atoms in total. The van der Waals surface area contributed by atoms with Crippen LogP contribution in [0.4, 0.5) is 0 Å². The summed E-state index contributed by atoms with van der Waals surface area (Å²) in [6.45, 7) is 2.08. The highest BCUT2D eigenvalue weighted by Gasteiger charge is 2.33. The van der Waals surface area contributed by atoms with Crippen molar-refractivity contribution in [1.29, 1.82) is 0 Å². The van der Waals surface area contributed by atoms with Crippen LogP contribution in [0.25, 0.3) is 10.9 Å². The number of aliphatic hydroxyl groups excluding tert-OH is 2. The van der Waals surface area contributed by atoms with E-state index in [0.29, 0.717) is 5.56 Å². The van der Waals surface area contributed by atoms with Gasteiger partial charge in [0, 0.05) is 23.5 Å². The highest BCUT2D eigenvalue weighted by Crippen LogP contribution is 2.19. The summed E-state index contributed by atoms with van der Waals surface area (Å²) in [5.74, 6) is -3.87. The molecule has 5 atom stereocenters. The molecule has 0 bridgehead atoms. The van der Waals surface area contributed by atoms with Crippen molar-refractivity contribution < 1.29 is 34.5 Å². The number of nitrogens with one attached hydrogen (secondary N) is 4. The summed E-state index contributed by atoms with van der Waals surface area (Å²) < 4.78 is 0. The van der Waals surface area contributed by atoms with Gasteiger partial charge in [-0.15, -0.1) is 0 Å². The average Bonchev–Trinajstić information content (AvgIpc) is 3.16. The zero-order valence-corrected chi connectivity index (χ0v) is 18.2. The maximum atomic E-state index is 13.0. The summed E-state index contributed by atoms with van der Waals surface area (Å²) in [6, 6.07) is 2.97. The highest BCUT2D eigenvalue weighted by atomic mass is 16.4. The van der Waals surface area contributed by atoms with E-state index in [9.17, 15) is 34.5 Å². The Kier molecular flexibility index (Phi) is 8.91. The molecule has 180 valence electrons. The molecule has 0 aliphatic rings. The largest absolute Gasteiger partial charge is 0.480 e. The van der Waals surface area contributed by atoms with E-state index in [1.807, 2.05) is 18.2 Å². The van der Waals surface area contributed by atoms with Gasteiger partial charge in [0.15, 0.2) is 6.04 Å². The van der Waals surface area contributed by atoms with Crippen LogP contribution < -0.4 is 21.7 Å². The molecule has 33 heavy (non-hydrogen) atoms. The van der Waals surface area contributed by atoms with E-state index >= 15 is 0 Å². The molecule has 0 aliphatic carbocycles. The van der Waals surface area contributed by atoms with Crippen molar-refractivity contribution in [2.45, 2.75) is 50.6 Å². The predicted molar refractivity (Wildman–Crippen MR) is 118 cm³/mol. The maximum absolute atomic E-state index is 13.0. The van der Waals surface area contributed by atoms with Gasteiger partial charge < -0.3 is 42.0 Å². The van der Waals surface area contributed by atoms with Crippen LogP contribution in [-0.4, -0.2) is 80.9 Å². The fraction of sp³-hybridized carbons (Fsp3) is 0.429. The van der Waals surface area contributed by atoms with Crippen LogP contribution in [0.1, 0.15) is 19.4 Å². The Morgan fingerprint density at radius 2 is 1.61 bits per heavy atom. The van der Waals surface area contributed by atoms with Crippen LogP contribution in [0.3, 0.4) is 0 Å². The lowest BCUT2D eigenvalue weighted by Crippen LogP contribution is -2.60. The van der Waals surface area contributed by atoms with Crippen molar-refractivity contribution in [2.24, 2.45) is 5.73 Å². The third kappa shape index (κ3) is 6.75. The van der Waals surface area contributed by atoms with E-state index in [0.717, 1.165) is 10.9 Å². The molecule has 5 unspecified atom stereocenters. The SMILES string of the molecule is CC(O)C(NC(=O)C(Cc1c[nH]c2ccccc12)NC(=O)C(NC(=O)CN)C(C)O)C(=O)O. The number of fused-ring (bicyclic) bond motifs is 1. The first kappa shape index (κ1) is 25.8. The number of benzene rings is 1. The number of carbonyl (C=O) groups is 4. The molecule has 0 saturated heterocycles. The monoisotopic (exact) mass is 463 g/mol. The lowest BCUT2D eigenvalue weighted by atomic mass is 10.0. The summed E-state index contributed by atoms with van der Waals surface area (Å²) in [7, 11) is 0. The van der Waals surface area contributed by atoms with Crippen LogP contribution in [0, 0.1) is 0 Å². The second-order valence-corrected chi connectivity index (χ2v) is 7.68. The van der Waals surface area contributed by atoms with Gasteiger partial charge in [0.25, 0.3) is 0 Å². The minimum absolute atomic E-state index is 0.0366. The number of aliphatic carboxylic acids is 1. The van der Waals surface area contributed by atoms with Gasteiger partial charge in [-0.2, -0.15) is 0 Å². The number of nitrogens with two attached hydrogens (primary N) is 1.